The fraction of sp³-hybridized carbons (Fsp3) is 0.923. The Kier molecular flexibility index (Phi) is 7.92. The zero-order valence-electron chi connectivity index (χ0n) is 12.6. The van der Waals surface area contributed by atoms with Gasteiger partial charge in [0.1, 0.15) is 6.61 Å². The van der Waals surface area contributed by atoms with Crippen LogP contribution in [0.3, 0.4) is 0 Å². The van der Waals surface area contributed by atoms with Gasteiger partial charge < -0.3 is 9.63 Å². The highest BCUT2D eigenvalue weighted by atomic mass is 31.2. The van der Waals surface area contributed by atoms with E-state index in [1.807, 2.05) is 4.67 Å². The highest BCUT2D eigenvalue weighted by Crippen LogP contribution is 2.56. The Labute approximate surface area is 121 Å². The van der Waals surface area contributed by atoms with E-state index in [1.54, 1.807) is 4.67 Å². The molecule has 0 aromatic carbocycles. The standard InChI is InChI=1S/C13H27N2O4P/c1-3-7-14(8-4-2)20(18)15(9-5-11-19-20)10-6-13(17)12-16/h16H,3-12H2,1-2H3. The molecule has 1 rings (SSSR count). The SMILES string of the molecule is CCCN(CCC)P1(=O)OCCCN1CCC(=O)CO. The average Bonchev–Trinajstić information content (AvgIpc) is 2.45. The number of aliphatic hydroxyl groups is 1. The molecule has 1 aliphatic heterocycles. The van der Waals surface area contributed by atoms with Crippen molar-refractivity contribution in [1.82, 2.24) is 9.34 Å². The summed E-state index contributed by atoms with van der Waals surface area (Å²) in [5.41, 5.74) is 0. The molecule has 0 aliphatic carbocycles. The van der Waals surface area contributed by atoms with Gasteiger partial charge in [-0.05, 0) is 19.3 Å². The van der Waals surface area contributed by atoms with Crippen LogP contribution in [0.25, 0.3) is 0 Å². The van der Waals surface area contributed by atoms with Crippen LogP contribution in [0.5, 0.6) is 0 Å². The summed E-state index contributed by atoms with van der Waals surface area (Å²) in [5, 5.41) is 8.79. The van der Waals surface area contributed by atoms with Crippen LogP contribution in [-0.4, -0.2) is 59.6 Å². The third-order valence-corrected chi connectivity index (χ3v) is 6.07. The molecule has 7 heteroatoms. The summed E-state index contributed by atoms with van der Waals surface area (Å²) in [5.74, 6) is -0.223. The molecule has 1 heterocycles. The van der Waals surface area contributed by atoms with E-state index >= 15 is 0 Å². The lowest BCUT2D eigenvalue weighted by Crippen LogP contribution is -2.39. The van der Waals surface area contributed by atoms with E-state index in [0.717, 1.165) is 32.4 Å². The molecule has 1 aliphatic rings. The second-order valence-electron chi connectivity index (χ2n) is 5.03. The zero-order chi connectivity index (χ0) is 15.0. The fourth-order valence-electron chi connectivity index (χ4n) is 2.35. The largest absolute Gasteiger partial charge is 0.389 e. The lowest BCUT2D eigenvalue weighted by Gasteiger charge is -2.41. The van der Waals surface area contributed by atoms with Gasteiger partial charge in [0.2, 0.25) is 0 Å². The van der Waals surface area contributed by atoms with Crippen LogP contribution in [-0.2, 0) is 13.9 Å². The van der Waals surface area contributed by atoms with E-state index in [9.17, 15) is 9.36 Å². The van der Waals surface area contributed by atoms with Crippen LogP contribution in [0.4, 0.5) is 0 Å². The summed E-state index contributed by atoms with van der Waals surface area (Å²) in [7, 11) is -3.00. The van der Waals surface area contributed by atoms with E-state index < -0.39 is 14.3 Å². The van der Waals surface area contributed by atoms with E-state index in [2.05, 4.69) is 13.8 Å². The monoisotopic (exact) mass is 306 g/mol. The van der Waals surface area contributed by atoms with Gasteiger partial charge >= 0.3 is 7.67 Å². The summed E-state index contributed by atoms with van der Waals surface area (Å²) in [6.07, 6.45) is 2.87. The van der Waals surface area contributed by atoms with Gasteiger partial charge in [0.25, 0.3) is 0 Å². The van der Waals surface area contributed by atoms with Crippen molar-refractivity contribution in [3.8, 4) is 0 Å². The van der Waals surface area contributed by atoms with Gasteiger partial charge in [-0.3, -0.25) is 9.36 Å². The fourth-order valence-corrected chi connectivity index (χ4v) is 5.05. The lowest BCUT2D eigenvalue weighted by molar-refractivity contribution is -0.121. The maximum atomic E-state index is 13.2. The molecule has 0 radical (unpaired) electrons. The predicted molar refractivity (Wildman–Crippen MR) is 78.6 cm³/mol. The maximum absolute atomic E-state index is 13.2. The predicted octanol–water partition coefficient (Wildman–Crippen LogP) is 1.89. The van der Waals surface area contributed by atoms with Gasteiger partial charge in [-0.2, -0.15) is 0 Å². The van der Waals surface area contributed by atoms with E-state index in [-0.39, 0.29) is 12.2 Å². The molecule has 1 N–H and O–H groups in total. The third kappa shape index (κ3) is 4.64. The Morgan fingerprint density at radius 3 is 2.55 bits per heavy atom. The molecule has 0 aromatic heterocycles. The minimum Gasteiger partial charge on any atom is -0.389 e. The van der Waals surface area contributed by atoms with Crippen molar-refractivity contribution in [3.63, 3.8) is 0 Å². The normalized spacial score (nSPS) is 24.2. The first-order chi connectivity index (χ1) is 9.58. The Balaban J connectivity index is 2.77. The Morgan fingerprint density at radius 2 is 2.00 bits per heavy atom. The van der Waals surface area contributed by atoms with Crippen molar-refractivity contribution in [3.05, 3.63) is 0 Å². The number of Topliss-reactive ketones (excluding diaryl/α,β-unsaturated/α-hetero) is 1. The van der Waals surface area contributed by atoms with Crippen LogP contribution < -0.4 is 0 Å². The van der Waals surface area contributed by atoms with Gasteiger partial charge in [0, 0.05) is 32.6 Å². The lowest BCUT2D eigenvalue weighted by atomic mass is 10.3. The molecule has 118 valence electrons. The third-order valence-electron chi connectivity index (χ3n) is 3.32. The van der Waals surface area contributed by atoms with Crippen molar-refractivity contribution >= 4 is 13.5 Å². The van der Waals surface area contributed by atoms with Crippen LogP contribution in [0.15, 0.2) is 0 Å². The summed E-state index contributed by atoms with van der Waals surface area (Å²) >= 11 is 0. The number of carbonyl (C=O) groups excluding carboxylic acids is 1. The van der Waals surface area contributed by atoms with Gasteiger partial charge in [-0.25, -0.2) is 9.34 Å². The second-order valence-corrected chi connectivity index (χ2v) is 7.40. The van der Waals surface area contributed by atoms with Crippen molar-refractivity contribution < 1.29 is 19.0 Å². The van der Waals surface area contributed by atoms with Crippen LogP contribution in [0, 0.1) is 0 Å². The zero-order valence-corrected chi connectivity index (χ0v) is 13.5. The van der Waals surface area contributed by atoms with Crippen molar-refractivity contribution in [2.24, 2.45) is 0 Å². The first kappa shape index (κ1) is 17.8. The van der Waals surface area contributed by atoms with Crippen molar-refractivity contribution in [1.29, 1.82) is 0 Å². The number of nitrogens with zero attached hydrogens (tertiary/aromatic N) is 2. The van der Waals surface area contributed by atoms with Crippen molar-refractivity contribution in [2.45, 2.75) is 39.5 Å². The minimum atomic E-state index is -3.00. The summed E-state index contributed by atoms with van der Waals surface area (Å²) in [4.78, 5) is 11.3. The first-order valence-electron chi connectivity index (χ1n) is 7.46. The van der Waals surface area contributed by atoms with E-state index in [0.29, 0.717) is 19.7 Å². The summed E-state index contributed by atoms with van der Waals surface area (Å²) in [6.45, 7) is 6.70. The number of carbonyl (C=O) groups is 1. The molecule has 20 heavy (non-hydrogen) atoms. The average molecular weight is 306 g/mol. The summed E-state index contributed by atoms with van der Waals surface area (Å²) in [6, 6.07) is 0. The highest BCUT2D eigenvalue weighted by molar-refractivity contribution is 7.54. The molecular formula is C13H27N2O4P. The molecule has 0 amide bonds. The number of hydrogen-bond acceptors (Lipinski definition) is 4. The molecule has 0 bridgehead atoms. The molecule has 0 saturated carbocycles. The van der Waals surface area contributed by atoms with Crippen LogP contribution >= 0.6 is 7.67 Å². The molecular weight excluding hydrogens is 279 g/mol. The Bertz CT molecular complexity index is 345. The van der Waals surface area contributed by atoms with Gasteiger partial charge in [0.05, 0.1) is 6.61 Å². The topological polar surface area (TPSA) is 70.1 Å². The van der Waals surface area contributed by atoms with Gasteiger partial charge in [-0.1, -0.05) is 13.8 Å². The number of ketones is 1. The molecule has 1 saturated heterocycles. The Hall–Kier alpha value is -0.260. The van der Waals surface area contributed by atoms with Gasteiger partial charge in [-0.15, -0.1) is 0 Å². The highest BCUT2D eigenvalue weighted by Gasteiger charge is 2.40. The van der Waals surface area contributed by atoms with Gasteiger partial charge in [0.15, 0.2) is 5.78 Å². The molecule has 0 aromatic rings. The number of aliphatic hydroxyl groups excluding tert-OH is 1. The first-order valence-corrected chi connectivity index (χ1v) is 8.99. The smallest absolute Gasteiger partial charge is 0.346 e. The van der Waals surface area contributed by atoms with Crippen molar-refractivity contribution in [2.75, 3.05) is 39.4 Å². The van der Waals surface area contributed by atoms with Crippen LogP contribution in [0.1, 0.15) is 39.5 Å². The number of hydrogen-bond donors (Lipinski definition) is 1. The second kappa shape index (κ2) is 8.90. The molecule has 0 spiro atoms. The Morgan fingerprint density at radius 1 is 1.35 bits per heavy atom. The molecule has 6 nitrogen and oxygen atoms in total. The minimum absolute atomic E-state index is 0.218. The molecule has 1 atom stereocenters. The molecule has 1 unspecified atom stereocenters. The van der Waals surface area contributed by atoms with E-state index in [4.69, 9.17) is 9.63 Å². The number of rotatable bonds is 9. The van der Waals surface area contributed by atoms with E-state index in [1.165, 1.54) is 0 Å². The summed E-state index contributed by atoms with van der Waals surface area (Å²) < 4.78 is 22.6. The quantitative estimate of drug-likeness (QED) is 0.656. The maximum Gasteiger partial charge on any atom is 0.346 e. The van der Waals surface area contributed by atoms with Crippen LogP contribution in [0.2, 0.25) is 0 Å². The molecule has 1 fully saturated rings.